The first kappa shape index (κ1) is 19.0. The summed E-state index contributed by atoms with van der Waals surface area (Å²) in [6, 6.07) is 12.3. The number of fused-ring (bicyclic) bond motifs is 1. The molecular formula is C20H21ClN2O4. The minimum atomic E-state index is -0.158. The lowest BCUT2D eigenvalue weighted by molar-refractivity contribution is -0.121. The molecule has 7 heteroatoms. The number of nitrogens with one attached hydrogen (secondary N) is 1. The molecule has 2 aromatic rings. The topological polar surface area (TPSA) is 67.9 Å². The van der Waals surface area contributed by atoms with Crippen molar-refractivity contribution in [3.8, 4) is 11.5 Å². The molecule has 0 aliphatic carbocycles. The van der Waals surface area contributed by atoms with Gasteiger partial charge in [0.1, 0.15) is 18.1 Å². The number of carbonyl (C=O) groups excluding carboxylic acids is 2. The van der Waals surface area contributed by atoms with Crippen LogP contribution in [0.1, 0.15) is 13.8 Å². The van der Waals surface area contributed by atoms with Crippen LogP contribution in [0.2, 0.25) is 5.02 Å². The molecular weight excluding hydrogens is 368 g/mol. The summed E-state index contributed by atoms with van der Waals surface area (Å²) in [6.45, 7) is 4.29. The van der Waals surface area contributed by atoms with Crippen molar-refractivity contribution in [3.05, 3.63) is 47.5 Å². The molecule has 0 aromatic heterocycles. The third-order valence-electron chi connectivity index (χ3n) is 4.09. The van der Waals surface area contributed by atoms with Crippen LogP contribution < -0.4 is 19.7 Å². The highest BCUT2D eigenvalue weighted by Crippen LogP contribution is 2.34. The van der Waals surface area contributed by atoms with E-state index in [0.717, 1.165) is 0 Å². The van der Waals surface area contributed by atoms with Gasteiger partial charge in [0, 0.05) is 16.6 Å². The van der Waals surface area contributed by atoms with Crippen LogP contribution >= 0.6 is 11.6 Å². The Balaban J connectivity index is 1.71. The second-order valence-electron chi connectivity index (χ2n) is 6.46. The maximum atomic E-state index is 12.3. The van der Waals surface area contributed by atoms with Crippen molar-refractivity contribution < 1.29 is 19.1 Å². The lowest BCUT2D eigenvalue weighted by atomic mass is 10.1. The van der Waals surface area contributed by atoms with E-state index in [9.17, 15) is 9.59 Å². The van der Waals surface area contributed by atoms with Gasteiger partial charge in [-0.05, 0) is 42.5 Å². The number of benzene rings is 2. The maximum Gasteiger partial charge on any atom is 0.265 e. The number of rotatable bonds is 6. The summed E-state index contributed by atoms with van der Waals surface area (Å²) < 4.78 is 11.2. The van der Waals surface area contributed by atoms with Gasteiger partial charge in [0.15, 0.2) is 6.61 Å². The SMILES string of the molecule is CC(C)C(=O)Nc1ccc2c(c1)N(CCOc1ccc(Cl)cc1)C(=O)CO2. The van der Waals surface area contributed by atoms with E-state index in [2.05, 4.69) is 5.32 Å². The molecule has 0 radical (unpaired) electrons. The predicted octanol–water partition coefficient (Wildman–Crippen LogP) is 3.74. The van der Waals surface area contributed by atoms with E-state index < -0.39 is 0 Å². The Hall–Kier alpha value is -2.73. The first-order valence-corrected chi connectivity index (χ1v) is 9.08. The van der Waals surface area contributed by atoms with E-state index in [1.54, 1.807) is 47.4 Å². The number of carbonyl (C=O) groups is 2. The van der Waals surface area contributed by atoms with Gasteiger partial charge in [0.2, 0.25) is 5.91 Å². The van der Waals surface area contributed by atoms with Gasteiger partial charge < -0.3 is 19.7 Å². The zero-order chi connectivity index (χ0) is 19.4. The van der Waals surface area contributed by atoms with Crippen LogP contribution in [0.25, 0.3) is 0 Å². The zero-order valence-corrected chi connectivity index (χ0v) is 16.0. The summed E-state index contributed by atoms with van der Waals surface area (Å²) in [5.74, 6) is 0.898. The maximum absolute atomic E-state index is 12.3. The van der Waals surface area contributed by atoms with Crippen molar-refractivity contribution in [1.82, 2.24) is 0 Å². The van der Waals surface area contributed by atoms with Crippen molar-refractivity contribution in [1.29, 1.82) is 0 Å². The van der Waals surface area contributed by atoms with Crippen molar-refractivity contribution >= 4 is 34.8 Å². The predicted molar refractivity (Wildman–Crippen MR) is 105 cm³/mol. The highest BCUT2D eigenvalue weighted by molar-refractivity contribution is 6.30. The molecule has 2 aromatic carbocycles. The Bertz CT molecular complexity index is 836. The van der Waals surface area contributed by atoms with Gasteiger partial charge in [0.25, 0.3) is 5.91 Å². The van der Waals surface area contributed by atoms with Gasteiger partial charge >= 0.3 is 0 Å². The van der Waals surface area contributed by atoms with Gasteiger partial charge in [-0.1, -0.05) is 25.4 Å². The fourth-order valence-electron chi connectivity index (χ4n) is 2.60. The Morgan fingerprint density at radius 1 is 1.26 bits per heavy atom. The van der Waals surface area contributed by atoms with Gasteiger partial charge in [-0.25, -0.2) is 0 Å². The highest BCUT2D eigenvalue weighted by atomic mass is 35.5. The zero-order valence-electron chi connectivity index (χ0n) is 15.2. The molecule has 2 amide bonds. The fraction of sp³-hybridized carbons (Fsp3) is 0.300. The van der Waals surface area contributed by atoms with Gasteiger partial charge in [-0.2, -0.15) is 0 Å². The molecule has 0 saturated carbocycles. The van der Waals surface area contributed by atoms with Gasteiger partial charge in [-0.3, -0.25) is 9.59 Å². The number of hydrogen-bond donors (Lipinski definition) is 1. The number of ether oxygens (including phenoxy) is 2. The van der Waals surface area contributed by atoms with Crippen LogP contribution in [0, 0.1) is 5.92 Å². The molecule has 0 unspecified atom stereocenters. The van der Waals surface area contributed by atoms with Gasteiger partial charge in [-0.15, -0.1) is 0 Å². The smallest absolute Gasteiger partial charge is 0.265 e. The Labute approximate surface area is 163 Å². The quantitative estimate of drug-likeness (QED) is 0.818. The normalized spacial score (nSPS) is 13.2. The molecule has 0 bridgehead atoms. The van der Waals surface area contributed by atoms with E-state index in [1.807, 2.05) is 13.8 Å². The van der Waals surface area contributed by atoms with Crippen LogP contribution in [0.15, 0.2) is 42.5 Å². The molecule has 0 spiro atoms. The average molecular weight is 389 g/mol. The molecule has 1 N–H and O–H groups in total. The highest BCUT2D eigenvalue weighted by Gasteiger charge is 2.26. The monoisotopic (exact) mass is 388 g/mol. The molecule has 6 nitrogen and oxygen atoms in total. The second-order valence-corrected chi connectivity index (χ2v) is 6.90. The Kier molecular flexibility index (Phi) is 5.86. The van der Waals surface area contributed by atoms with E-state index in [0.29, 0.717) is 41.0 Å². The molecule has 3 rings (SSSR count). The number of halogens is 1. The molecule has 1 heterocycles. The van der Waals surface area contributed by atoms with Crippen molar-refractivity contribution in [2.45, 2.75) is 13.8 Å². The summed E-state index contributed by atoms with van der Waals surface area (Å²) in [7, 11) is 0. The van der Waals surface area contributed by atoms with Crippen molar-refractivity contribution in [2.75, 3.05) is 30.0 Å². The third-order valence-corrected chi connectivity index (χ3v) is 4.34. The van der Waals surface area contributed by atoms with Gasteiger partial charge in [0.05, 0.1) is 12.2 Å². The number of amides is 2. The molecule has 27 heavy (non-hydrogen) atoms. The fourth-order valence-corrected chi connectivity index (χ4v) is 2.72. The molecule has 0 fully saturated rings. The number of nitrogens with zero attached hydrogens (tertiary/aromatic N) is 1. The molecule has 0 atom stereocenters. The summed E-state index contributed by atoms with van der Waals surface area (Å²) in [5.41, 5.74) is 1.24. The van der Waals surface area contributed by atoms with Crippen molar-refractivity contribution in [2.24, 2.45) is 5.92 Å². The molecule has 1 aliphatic rings. The minimum Gasteiger partial charge on any atom is -0.492 e. The summed E-state index contributed by atoms with van der Waals surface area (Å²) in [6.07, 6.45) is 0. The van der Waals surface area contributed by atoms with Crippen LogP contribution in [-0.2, 0) is 9.59 Å². The number of anilines is 2. The summed E-state index contributed by atoms with van der Waals surface area (Å²) in [5, 5.41) is 3.47. The third kappa shape index (κ3) is 4.71. The van der Waals surface area contributed by atoms with E-state index in [-0.39, 0.29) is 24.3 Å². The standard InChI is InChI=1S/C20H21ClN2O4/c1-13(2)20(25)22-15-5-8-18-17(11-15)23(19(24)12-27-18)9-10-26-16-6-3-14(21)4-7-16/h3-8,11,13H,9-10,12H2,1-2H3,(H,22,25). The second kappa shape index (κ2) is 8.31. The summed E-state index contributed by atoms with van der Waals surface area (Å²) >= 11 is 5.86. The Morgan fingerprint density at radius 3 is 2.70 bits per heavy atom. The lowest BCUT2D eigenvalue weighted by Gasteiger charge is -2.29. The number of hydrogen-bond acceptors (Lipinski definition) is 4. The average Bonchev–Trinajstić information content (AvgIpc) is 2.65. The van der Waals surface area contributed by atoms with Crippen LogP contribution in [-0.4, -0.2) is 31.6 Å². The van der Waals surface area contributed by atoms with Crippen LogP contribution in [0.5, 0.6) is 11.5 Å². The van der Waals surface area contributed by atoms with E-state index >= 15 is 0 Å². The van der Waals surface area contributed by atoms with Crippen LogP contribution in [0.3, 0.4) is 0 Å². The largest absolute Gasteiger partial charge is 0.492 e. The lowest BCUT2D eigenvalue weighted by Crippen LogP contribution is -2.41. The minimum absolute atomic E-state index is 0.0222. The Morgan fingerprint density at radius 2 is 2.00 bits per heavy atom. The van der Waals surface area contributed by atoms with Crippen LogP contribution in [0.4, 0.5) is 11.4 Å². The molecule has 142 valence electrons. The van der Waals surface area contributed by atoms with E-state index in [4.69, 9.17) is 21.1 Å². The van der Waals surface area contributed by atoms with Crippen molar-refractivity contribution in [3.63, 3.8) is 0 Å². The first-order chi connectivity index (χ1) is 12.9. The first-order valence-electron chi connectivity index (χ1n) is 8.70. The summed E-state index contributed by atoms with van der Waals surface area (Å²) in [4.78, 5) is 25.9. The molecule has 0 saturated heterocycles. The van der Waals surface area contributed by atoms with E-state index in [1.165, 1.54) is 0 Å². The molecule has 1 aliphatic heterocycles.